The van der Waals surface area contributed by atoms with E-state index in [1.54, 1.807) is 70.2 Å². The molecule has 382 valence electrons. The molecule has 0 radical (unpaired) electrons. The van der Waals surface area contributed by atoms with Crippen LogP contribution in [0.3, 0.4) is 0 Å². The number of anilines is 1. The maximum Gasteiger partial charge on any atom is 0.422 e. The number of carbonyl (C=O) groups excluding carboxylic acids is 5. The van der Waals surface area contributed by atoms with Gasteiger partial charge in [-0.1, -0.05) is 31.0 Å². The molecule has 21 heteroatoms. The second-order valence-electron chi connectivity index (χ2n) is 19.1. The SMILES string of the molecule is CCCC(CCC=O)(N1CCN(C(=O)c2ccc(NC(=O)c3ncc(-c4ccc(-c5cnn(CCOC)c5C)c(F)c4F)n3C)cc2Cl)CC1)N(CCCNC(=O)OC(C)(C)C)NC(=O)OC(C)(C)C. The Kier molecular flexibility index (Phi) is 18.7. The fourth-order valence-electron chi connectivity index (χ4n) is 8.48. The van der Waals surface area contributed by atoms with Gasteiger partial charge in [0.2, 0.25) is 0 Å². The van der Waals surface area contributed by atoms with Gasteiger partial charge in [0.15, 0.2) is 17.5 Å². The van der Waals surface area contributed by atoms with Crippen LogP contribution in [-0.2, 0) is 32.6 Å². The number of hydrazine groups is 1. The van der Waals surface area contributed by atoms with Crippen molar-refractivity contribution in [1.82, 2.24) is 44.9 Å². The number of halogens is 3. The van der Waals surface area contributed by atoms with Crippen molar-refractivity contribution >= 4 is 47.6 Å². The number of hydrogen-bond donors (Lipinski definition) is 3. The van der Waals surface area contributed by atoms with E-state index >= 15 is 8.78 Å². The normalized spacial score (nSPS) is 14.3. The molecule has 2 aromatic carbocycles. The smallest absolute Gasteiger partial charge is 0.422 e. The Morgan fingerprint density at radius 2 is 1.56 bits per heavy atom. The van der Waals surface area contributed by atoms with Crippen molar-refractivity contribution in [1.29, 1.82) is 0 Å². The first kappa shape index (κ1) is 55.0. The van der Waals surface area contributed by atoms with E-state index in [9.17, 15) is 24.0 Å². The second-order valence-corrected chi connectivity index (χ2v) is 19.5. The summed E-state index contributed by atoms with van der Waals surface area (Å²) in [5.41, 5.74) is 2.29. The lowest BCUT2D eigenvalue weighted by molar-refractivity contribution is -0.121. The van der Waals surface area contributed by atoms with Gasteiger partial charge in [0.25, 0.3) is 11.8 Å². The molecular formula is C49H67ClF2N10O8. The van der Waals surface area contributed by atoms with Gasteiger partial charge in [-0.15, -0.1) is 0 Å². The van der Waals surface area contributed by atoms with Gasteiger partial charge in [-0.05, 0) is 92.0 Å². The number of methoxy groups -OCH3 is 1. The minimum atomic E-state index is -1.11. The average Bonchev–Trinajstić information content (AvgIpc) is 3.85. The van der Waals surface area contributed by atoms with Crippen molar-refractivity contribution in [2.24, 2.45) is 7.05 Å². The highest BCUT2D eigenvalue weighted by atomic mass is 35.5. The van der Waals surface area contributed by atoms with Crippen LogP contribution >= 0.6 is 11.6 Å². The number of carbonyl (C=O) groups is 5. The van der Waals surface area contributed by atoms with E-state index in [4.69, 9.17) is 25.8 Å². The summed E-state index contributed by atoms with van der Waals surface area (Å²) in [6.07, 6.45) is 4.58. The van der Waals surface area contributed by atoms with Crippen LogP contribution in [0.15, 0.2) is 42.7 Å². The first-order valence-electron chi connectivity index (χ1n) is 23.4. The van der Waals surface area contributed by atoms with E-state index in [1.807, 2.05) is 6.92 Å². The lowest BCUT2D eigenvalue weighted by Crippen LogP contribution is -2.69. The Morgan fingerprint density at radius 1 is 0.900 bits per heavy atom. The van der Waals surface area contributed by atoms with Gasteiger partial charge >= 0.3 is 12.2 Å². The topological polar surface area (TPSA) is 194 Å². The molecule has 1 aliphatic rings. The number of alkyl carbamates (subject to hydrolysis) is 1. The molecule has 4 amide bonds. The standard InChI is InChI=1S/C49H67ClF2N10O8/c1-11-18-49(19-12-27-63,62(57-46(67)70-48(6,7)8)21-13-20-53-45(66)69-47(3,4)5)60-24-22-59(23-25-60)44(65)35-15-14-33(29-38(35)50)56-43(64)42-54-31-39(58(42)9)36-17-16-34(40(51)41(36)52)37-30-55-61(32(37)2)26-28-68-10/h14-17,27,29-31H,11-13,18-26,28H2,1-10H3,(H,53,66)(H,56,64)(H,57,67). The summed E-state index contributed by atoms with van der Waals surface area (Å²) < 4.78 is 50.5. The Labute approximate surface area is 413 Å². The molecule has 5 rings (SSSR count). The number of imidazole rings is 1. The van der Waals surface area contributed by atoms with E-state index in [2.05, 4.69) is 31.0 Å². The number of aromatic nitrogens is 4. The molecule has 4 aromatic rings. The highest BCUT2D eigenvalue weighted by molar-refractivity contribution is 6.34. The van der Waals surface area contributed by atoms with Crippen LogP contribution in [0.4, 0.5) is 24.1 Å². The molecule has 1 atom stereocenters. The fraction of sp³-hybridized carbons (Fsp3) is 0.531. The lowest BCUT2D eigenvalue weighted by atomic mass is 9.93. The second kappa shape index (κ2) is 23.8. The van der Waals surface area contributed by atoms with E-state index in [-0.39, 0.29) is 77.4 Å². The summed E-state index contributed by atoms with van der Waals surface area (Å²) in [4.78, 5) is 73.3. The monoisotopic (exact) mass is 996 g/mol. The zero-order valence-corrected chi connectivity index (χ0v) is 42.6. The van der Waals surface area contributed by atoms with Crippen molar-refractivity contribution < 1.29 is 47.0 Å². The predicted octanol–water partition coefficient (Wildman–Crippen LogP) is 7.98. The van der Waals surface area contributed by atoms with E-state index < -0.39 is 46.6 Å². The van der Waals surface area contributed by atoms with E-state index in [0.29, 0.717) is 63.2 Å². The van der Waals surface area contributed by atoms with Gasteiger partial charge in [-0.25, -0.2) is 23.4 Å². The molecule has 0 spiro atoms. The summed E-state index contributed by atoms with van der Waals surface area (Å²) in [5.74, 6) is -3.26. The van der Waals surface area contributed by atoms with E-state index in [1.165, 1.54) is 54.3 Å². The van der Waals surface area contributed by atoms with Gasteiger partial charge in [0.05, 0.1) is 47.5 Å². The number of benzene rings is 2. The van der Waals surface area contributed by atoms with E-state index in [0.717, 1.165) is 6.29 Å². The number of rotatable bonds is 20. The molecular weight excluding hydrogens is 930 g/mol. The molecule has 70 heavy (non-hydrogen) atoms. The zero-order chi connectivity index (χ0) is 51.6. The molecule has 3 heterocycles. The Hall–Kier alpha value is -5.96. The molecule has 1 unspecified atom stereocenters. The number of nitrogens with one attached hydrogen (secondary N) is 3. The third-order valence-corrected chi connectivity index (χ3v) is 12.0. The van der Waals surface area contributed by atoms with Crippen LogP contribution in [0.2, 0.25) is 5.02 Å². The van der Waals surface area contributed by atoms with Crippen molar-refractivity contribution in [2.75, 3.05) is 58.3 Å². The summed E-state index contributed by atoms with van der Waals surface area (Å²) in [7, 11) is 3.08. The number of aldehydes is 1. The number of amides is 4. The molecule has 18 nitrogen and oxygen atoms in total. The Balaban J connectivity index is 1.28. The molecule has 1 aliphatic heterocycles. The Morgan fingerprint density at radius 3 is 2.19 bits per heavy atom. The number of piperazine rings is 1. The first-order chi connectivity index (χ1) is 33.0. The molecule has 0 aliphatic carbocycles. The quantitative estimate of drug-likeness (QED) is 0.0440. The zero-order valence-electron chi connectivity index (χ0n) is 41.8. The number of ether oxygens (including phenoxy) is 3. The molecule has 0 saturated carbocycles. The van der Waals surface area contributed by atoms with Crippen LogP contribution < -0.4 is 16.1 Å². The van der Waals surface area contributed by atoms with Gasteiger partial charge in [0, 0.05) is 87.9 Å². The summed E-state index contributed by atoms with van der Waals surface area (Å²) in [5, 5.41) is 11.7. The van der Waals surface area contributed by atoms with Crippen molar-refractivity contribution in [2.45, 2.75) is 111 Å². The van der Waals surface area contributed by atoms with Crippen LogP contribution in [0.1, 0.15) is 107 Å². The molecule has 3 N–H and O–H groups in total. The Bertz CT molecular complexity index is 2500. The molecule has 0 bridgehead atoms. The largest absolute Gasteiger partial charge is 0.444 e. The van der Waals surface area contributed by atoms with Crippen LogP contribution in [0.5, 0.6) is 0 Å². The maximum absolute atomic E-state index is 15.7. The summed E-state index contributed by atoms with van der Waals surface area (Å²) in [6, 6.07) is 7.39. The number of hydrogen-bond acceptors (Lipinski definition) is 12. The maximum atomic E-state index is 15.7. The summed E-state index contributed by atoms with van der Waals surface area (Å²) in [6.45, 7) is 17.1. The minimum Gasteiger partial charge on any atom is -0.444 e. The van der Waals surface area contributed by atoms with Crippen LogP contribution in [-0.4, -0.2) is 134 Å². The first-order valence-corrected chi connectivity index (χ1v) is 23.8. The molecule has 1 fully saturated rings. The minimum absolute atomic E-state index is 0.0411. The van der Waals surface area contributed by atoms with Crippen molar-refractivity contribution in [3.8, 4) is 22.4 Å². The average molecular weight is 998 g/mol. The highest BCUT2D eigenvalue weighted by Crippen LogP contribution is 2.35. The van der Waals surface area contributed by atoms with Gasteiger partial charge in [-0.2, -0.15) is 10.1 Å². The summed E-state index contributed by atoms with van der Waals surface area (Å²) >= 11 is 6.71. The van der Waals surface area contributed by atoms with Crippen molar-refractivity contribution in [3.05, 3.63) is 76.5 Å². The predicted molar refractivity (Wildman–Crippen MR) is 261 cm³/mol. The van der Waals surface area contributed by atoms with Crippen molar-refractivity contribution in [3.63, 3.8) is 0 Å². The molecule has 2 aromatic heterocycles. The van der Waals surface area contributed by atoms with Gasteiger partial charge in [0.1, 0.15) is 17.5 Å². The lowest BCUT2D eigenvalue weighted by Gasteiger charge is -2.53. The third-order valence-electron chi connectivity index (χ3n) is 11.7. The van der Waals surface area contributed by atoms with Crippen LogP contribution in [0, 0.1) is 18.6 Å². The van der Waals surface area contributed by atoms with Gasteiger partial charge < -0.3 is 39.1 Å². The van der Waals surface area contributed by atoms with Crippen LogP contribution in [0.25, 0.3) is 22.4 Å². The van der Waals surface area contributed by atoms with Gasteiger partial charge in [-0.3, -0.25) is 24.6 Å². The third kappa shape index (κ3) is 13.7. The highest BCUT2D eigenvalue weighted by Gasteiger charge is 2.44. The molecule has 1 saturated heterocycles. The number of nitrogens with zero attached hydrogens (tertiary/aromatic N) is 7. The fourth-order valence-corrected chi connectivity index (χ4v) is 8.74.